The molecule has 12 heteroatoms. The Hall–Kier alpha value is 0.170. The van der Waals surface area contributed by atoms with Gasteiger partial charge in [-0.2, -0.15) is 0 Å². The maximum absolute atomic E-state index is 12.1. The molecule has 110 valence electrons. The summed E-state index contributed by atoms with van der Waals surface area (Å²) in [5.41, 5.74) is 0. The zero-order valence-corrected chi connectivity index (χ0v) is 15.1. The van der Waals surface area contributed by atoms with Crippen molar-refractivity contribution in [3.8, 4) is 0 Å². The van der Waals surface area contributed by atoms with Gasteiger partial charge in [0.25, 0.3) is 0 Å². The molecule has 1 N–H and O–H groups in total. The van der Waals surface area contributed by atoms with Crippen molar-refractivity contribution in [1.29, 1.82) is 0 Å². The highest BCUT2D eigenvalue weighted by Gasteiger charge is 2.71. The predicted molar refractivity (Wildman–Crippen MR) is 101 cm³/mol. The van der Waals surface area contributed by atoms with E-state index in [0.29, 0.717) is 21.9 Å². The first kappa shape index (κ1) is 17.5. The van der Waals surface area contributed by atoms with E-state index in [1.54, 1.807) is 0 Å². The average molecular weight is 304 g/mol. The van der Waals surface area contributed by atoms with E-state index in [9.17, 15) is 9.90 Å². The quantitative estimate of drug-likeness (QED) is 0.407. The first-order valence-corrected chi connectivity index (χ1v) is 8.90. The minimum absolute atomic E-state index is 0.284. The van der Waals surface area contributed by atoms with Gasteiger partial charge in [0.1, 0.15) is 53.0 Å². The SMILES string of the molecule is BC1(B)C(C(=O)O)C2(OCCO2)C(B)(B)N(PC)C1(B)B. The zero-order chi connectivity index (χ0) is 16.3. The number of carboxylic acids is 1. The molecule has 0 amide bonds. The van der Waals surface area contributed by atoms with Crippen LogP contribution < -0.4 is 0 Å². The van der Waals surface area contributed by atoms with Gasteiger partial charge in [-0.3, -0.25) is 4.79 Å². The summed E-state index contributed by atoms with van der Waals surface area (Å²) in [6.07, 6.45) is 0. The molecular weight excluding hydrogens is 282 g/mol. The third kappa shape index (κ3) is 2.04. The van der Waals surface area contributed by atoms with Crippen molar-refractivity contribution in [2.45, 2.75) is 21.7 Å². The van der Waals surface area contributed by atoms with Gasteiger partial charge in [0.15, 0.2) is 5.79 Å². The number of carboxylic acid groups (broad SMARTS) is 1. The van der Waals surface area contributed by atoms with E-state index in [-0.39, 0.29) is 5.34 Å². The van der Waals surface area contributed by atoms with E-state index < -0.39 is 28.2 Å². The first-order chi connectivity index (χ1) is 9.47. The Morgan fingerprint density at radius 2 is 1.62 bits per heavy atom. The molecule has 0 aromatic heterocycles. The van der Waals surface area contributed by atoms with Crippen LogP contribution in [-0.4, -0.2) is 99.2 Å². The summed E-state index contributed by atoms with van der Waals surface area (Å²) in [7, 11) is 12.9. The second-order valence-corrected chi connectivity index (χ2v) is 8.43. The summed E-state index contributed by atoms with van der Waals surface area (Å²) >= 11 is 0. The van der Waals surface area contributed by atoms with E-state index in [0.717, 1.165) is 0 Å². The number of rotatable bonds is 2. The number of aliphatic carboxylic acids is 1. The minimum atomic E-state index is -1.10. The molecule has 2 heterocycles. The molecule has 21 heavy (non-hydrogen) atoms. The van der Waals surface area contributed by atoms with Crippen LogP contribution in [0.25, 0.3) is 0 Å². The maximum Gasteiger partial charge on any atom is 0.311 e. The van der Waals surface area contributed by atoms with Crippen LogP contribution in [0.2, 0.25) is 5.21 Å². The Morgan fingerprint density at radius 3 is 2.00 bits per heavy atom. The third-order valence-electron chi connectivity index (χ3n) is 5.84. The van der Waals surface area contributed by atoms with E-state index in [1.807, 2.05) is 31.4 Å². The molecule has 0 saturated carbocycles. The molecule has 2 rings (SSSR count). The molecule has 2 saturated heterocycles. The Labute approximate surface area is 133 Å². The van der Waals surface area contributed by atoms with Crippen LogP contribution in [0.15, 0.2) is 0 Å². The van der Waals surface area contributed by atoms with Gasteiger partial charge < -0.3 is 19.3 Å². The van der Waals surface area contributed by atoms with Crippen LogP contribution >= 0.6 is 8.73 Å². The van der Waals surface area contributed by atoms with Crippen LogP contribution in [-0.2, 0) is 14.3 Å². The first-order valence-electron chi connectivity index (χ1n) is 7.45. The number of piperidine rings is 1. The topological polar surface area (TPSA) is 59.0 Å². The van der Waals surface area contributed by atoms with Crippen molar-refractivity contribution in [2.24, 2.45) is 5.92 Å². The van der Waals surface area contributed by atoms with Gasteiger partial charge >= 0.3 is 5.97 Å². The molecule has 2 unspecified atom stereocenters. The van der Waals surface area contributed by atoms with Crippen LogP contribution in [0.1, 0.15) is 0 Å². The fraction of sp³-hybridized carbons (Fsp3) is 0.889. The molecule has 1 spiro atoms. The summed E-state index contributed by atoms with van der Waals surface area (Å²) < 4.78 is 14.3. The van der Waals surface area contributed by atoms with E-state index in [1.165, 1.54) is 0 Å². The Kier molecular flexibility index (Phi) is 4.24. The number of carbonyl (C=O) groups is 1. The maximum atomic E-state index is 12.1. The average Bonchev–Trinajstić information content (AvgIpc) is 2.77. The number of nitrogens with zero attached hydrogens (tertiary/aromatic N) is 1. The smallest absolute Gasteiger partial charge is 0.311 e. The van der Waals surface area contributed by atoms with E-state index in [2.05, 4.69) is 27.0 Å². The normalized spacial score (nSPS) is 33.5. The van der Waals surface area contributed by atoms with E-state index in [4.69, 9.17) is 9.47 Å². The highest BCUT2D eigenvalue weighted by atomic mass is 31.1. The lowest BCUT2D eigenvalue weighted by atomic mass is 9.25. The summed E-state index contributed by atoms with van der Waals surface area (Å²) in [5, 5.41) is 8.65. The molecule has 0 bridgehead atoms. The Morgan fingerprint density at radius 1 is 1.14 bits per heavy atom. The molecule has 0 aliphatic carbocycles. The summed E-state index contributed by atoms with van der Waals surface area (Å²) in [4.78, 5) is 12.1. The second-order valence-electron chi connectivity index (χ2n) is 7.53. The minimum Gasteiger partial charge on any atom is -0.481 e. The number of ether oxygens (including phenoxy) is 2. The molecule has 0 aromatic rings. The Balaban J connectivity index is 2.71. The van der Waals surface area contributed by atoms with Crippen molar-refractivity contribution < 1.29 is 19.4 Å². The van der Waals surface area contributed by atoms with Gasteiger partial charge in [-0.15, -0.1) is 0 Å². The van der Waals surface area contributed by atoms with Gasteiger partial charge in [-0.05, 0) is 12.0 Å². The fourth-order valence-corrected chi connectivity index (χ4v) is 5.86. The molecule has 5 nitrogen and oxygen atoms in total. The van der Waals surface area contributed by atoms with Crippen LogP contribution in [0.3, 0.4) is 0 Å². The number of hydrogen-bond donors (Lipinski definition) is 1. The summed E-state index contributed by atoms with van der Waals surface area (Å²) in [5.74, 6) is -2.66. The lowest BCUT2D eigenvalue weighted by Crippen LogP contribution is -2.82. The molecule has 0 aromatic carbocycles. The van der Waals surface area contributed by atoms with Gasteiger partial charge in [-0.25, -0.2) is 0 Å². The van der Waals surface area contributed by atoms with Crippen molar-refractivity contribution in [3.05, 3.63) is 0 Å². The van der Waals surface area contributed by atoms with Crippen molar-refractivity contribution in [3.63, 3.8) is 0 Å². The Bertz CT molecular complexity index is 456. The highest BCUT2D eigenvalue weighted by molar-refractivity contribution is 7.35. The van der Waals surface area contributed by atoms with Crippen LogP contribution in [0, 0.1) is 5.92 Å². The molecule has 2 fully saturated rings. The monoisotopic (exact) mass is 305 g/mol. The molecule has 2 atom stereocenters. The van der Waals surface area contributed by atoms with Gasteiger partial charge in [0, 0.05) is 5.34 Å². The predicted octanol–water partition coefficient (Wildman–Crippen LogP) is -5.81. The molecule has 0 radical (unpaired) electrons. The van der Waals surface area contributed by atoms with Crippen LogP contribution in [0.4, 0.5) is 0 Å². The lowest BCUT2D eigenvalue weighted by Gasteiger charge is -2.69. The second kappa shape index (κ2) is 5.09. The van der Waals surface area contributed by atoms with Gasteiger partial charge in [-0.1, -0.05) is 13.9 Å². The lowest BCUT2D eigenvalue weighted by molar-refractivity contribution is -0.247. The summed E-state index contributed by atoms with van der Waals surface area (Å²) in [6.45, 7) is 3.03. The van der Waals surface area contributed by atoms with Crippen molar-refractivity contribution in [1.82, 2.24) is 4.67 Å². The van der Waals surface area contributed by atoms with Gasteiger partial charge in [0.05, 0.1) is 13.2 Å². The van der Waals surface area contributed by atoms with Gasteiger partial charge in [0.2, 0.25) is 0 Å². The molecule has 2 aliphatic rings. The number of hydrogen-bond acceptors (Lipinski definition) is 4. The molecule has 2 aliphatic heterocycles. The third-order valence-corrected chi connectivity index (χ3v) is 7.40. The van der Waals surface area contributed by atoms with Crippen molar-refractivity contribution in [2.75, 3.05) is 19.9 Å². The summed E-state index contributed by atoms with van der Waals surface area (Å²) in [6, 6.07) is 0. The highest BCUT2D eigenvalue weighted by Crippen LogP contribution is 2.60. The largest absolute Gasteiger partial charge is 0.481 e. The fourth-order valence-electron chi connectivity index (χ4n) is 4.30. The van der Waals surface area contributed by atoms with Crippen LogP contribution in [0.5, 0.6) is 0 Å². The zero-order valence-electron chi connectivity index (χ0n) is 14.1. The van der Waals surface area contributed by atoms with E-state index >= 15 is 0 Å². The van der Waals surface area contributed by atoms with Crippen molar-refractivity contribution >= 4 is 61.8 Å². The molecular formula is C9H22B6NO4P. The standard InChI is InChI=1S/C9H22B6NO4P/c1-21-16-8(12,13)6(10,11)4(5(17)18)7(9(16,14)15)19-2-3-20-7/h4,21H,2-3,10-15H2,1H3,(H,17,18).